The van der Waals surface area contributed by atoms with Crippen LogP contribution in [0, 0.1) is 15.9 Å². The highest BCUT2D eigenvalue weighted by Gasteiger charge is 2.35. The number of halogens is 1. The van der Waals surface area contributed by atoms with E-state index in [0.29, 0.717) is 17.3 Å². The molecule has 144 valence electrons. The Balaban J connectivity index is 1.90. The van der Waals surface area contributed by atoms with Crippen LogP contribution in [-0.4, -0.2) is 33.2 Å². The molecule has 0 saturated carbocycles. The zero-order chi connectivity index (χ0) is 20.4. The average Bonchev–Trinajstić information content (AvgIpc) is 2.91. The van der Waals surface area contributed by atoms with Crippen molar-refractivity contribution >= 4 is 34.7 Å². The summed E-state index contributed by atoms with van der Waals surface area (Å²) in [6.45, 7) is -0.0265. The van der Waals surface area contributed by atoms with Crippen LogP contribution in [0.25, 0.3) is 6.08 Å². The lowest BCUT2D eigenvalue weighted by Gasteiger charge is -2.12. The second kappa shape index (κ2) is 7.69. The van der Waals surface area contributed by atoms with Gasteiger partial charge in [0.15, 0.2) is 5.75 Å². The molecule has 2 amide bonds. The van der Waals surface area contributed by atoms with Gasteiger partial charge in [0.2, 0.25) is 5.75 Å². The van der Waals surface area contributed by atoms with Crippen molar-refractivity contribution in [2.24, 2.45) is 0 Å². The van der Waals surface area contributed by atoms with Crippen molar-refractivity contribution in [3.63, 3.8) is 0 Å². The van der Waals surface area contributed by atoms with Crippen LogP contribution >= 0.6 is 11.8 Å². The van der Waals surface area contributed by atoms with Gasteiger partial charge in [-0.1, -0.05) is 12.1 Å². The predicted octanol–water partition coefficient (Wildman–Crippen LogP) is 3.68. The second-order valence-corrected chi connectivity index (χ2v) is 6.74. The minimum absolute atomic E-state index is 0.0265. The normalized spacial score (nSPS) is 15.4. The number of hydrogen-bond acceptors (Lipinski definition) is 7. The zero-order valence-electron chi connectivity index (χ0n) is 14.4. The summed E-state index contributed by atoms with van der Waals surface area (Å²) in [5.74, 6) is -1.77. The van der Waals surface area contributed by atoms with Gasteiger partial charge in [-0.05, 0) is 47.2 Å². The number of thioether (sulfide) groups is 1. The van der Waals surface area contributed by atoms with Gasteiger partial charge in [0.25, 0.3) is 11.1 Å². The molecule has 1 saturated heterocycles. The summed E-state index contributed by atoms with van der Waals surface area (Å²) in [4.78, 5) is 36.1. The lowest BCUT2D eigenvalue weighted by atomic mass is 10.1. The Hall–Kier alpha value is -3.40. The van der Waals surface area contributed by atoms with Gasteiger partial charge in [0, 0.05) is 6.07 Å². The second-order valence-electron chi connectivity index (χ2n) is 5.74. The third-order valence-corrected chi connectivity index (χ3v) is 4.83. The first-order chi connectivity index (χ1) is 13.3. The fraction of sp³-hybridized carbons (Fsp3) is 0.111. The molecular weight excluding hydrogens is 391 g/mol. The number of nitro benzene ring substituents is 1. The molecule has 1 aliphatic heterocycles. The highest BCUT2D eigenvalue weighted by atomic mass is 32.2. The Bertz CT molecular complexity index is 1010. The Kier molecular flexibility index (Phi) is 5.32. The first-order valence-corrected chi connectivity index (χ1v) is 8.67. The van der Waals surface area contributed by atoms with Crippen molar-refractivity contribution < 1.29 is 28.7 Å². The van der Waals surface area contributed by atoms with E-state index in [9.17, 15) is 29.2 Å². The Morgan fingerprint density at radius 1 is 1.29 bits per heavy atom. The standard InChI is InChI=1S/C18H13FN2O6S/c1-27-14-7-11(6-13(16(14)22)21(25)26)8-15-17(23)20(18(24)28-15)9-10-2-4-12(19)5-3-10/h2-8,22H,9H2,1H3/b15-8-. The first-order valence-electron chi connectivity index (χ1n) is 7.85. The van der Waals surface area contributed by atoms with Crippen molar-refractivity contribution in [3.05, 3.63) is 68.4 Å². The van der Waals surface area contributed by atoms with Gasteiger partial charge >= 0.3 is 5.69 Å². The quantitative estimate of drug-likeness (QED) is 0.460. The summed E-state index contributed by atoms with van der Waals surface area (Å²) >= 11 is 0.682. The van der Waals surface area contributed by atoms with E-state index in [1.54, 1.807) is 0 Å². The third kappa shape index (κ3) is 3.81. The van der Waals surface area contributed by atoms with Gasteiger partial charge in [-0.25, -0.2) is 4.39 Å². The maximum Gasteiger partial charge on any atom is 0.315 e. The minimum Gasteiger partial charge on any atom is -0.500 e. The largest absolute Gasteiger partial charge is 0.500 e. The maximum absolute atomic E-state index is 13.0. The number of benzene rings is 2. The highest BCUT2D eigenvalue weighted by molar-refractivity contribution is 8.18. The molecule has 1 fully saturated rings. The molecule has 1 N–H and O–H groups in total. The number of carbonyl (C=O) groups excluding carboxylic acids is 2. The maximum atomic E-state index is 13.0. The van der Waals surface area contributed by atoms with E-state index >= 15 is 0 Å². The Morgan fingerprint density at radius 3 is 2.57 bits per heavy atom. The number of nitro groups is 1. The number of hydrogen-bond donors (Lipinski definition) is 1. The molecule has 0 atom stereocenters. The van der Waals surface area contributed by atoms with E-state index in [-0.39, 0.29) is 22.8 Å². The van der Waals surface area contributed by atoms with Crippen molar-refractivity contribution in [1.82, 2.24) is 4.90 Å². The van der Waals surface area contributed by atoms with E-state index < -0.39 is 33.3 Å². The number of nitrogens with zero attached hydrogens (tertiary/aromatic N) is 2. The van der Waals surface area contributed by atoms with Crippen LogP contribution in [0.5, 0.6) is 11.5 Å². The minimum atomic E-state index is -0.782. The van der Waals surface area contributed by atoms with Crippen LogP contribution in [0.15, 0.2) is 41.3 Å². The SMILES string of the molecule is COc1cc(/C=C2\SC(=O)N(Cc3ccc(F)cc3)C2=O)cc([N+](=O)[O-])c1O. The number of rotatable bonds is 5. The summed E-state index contributed by atoms with van der Waals surface area (Å²) in [6, 6.07) is 7.78. The van der Waals surface area contributed by atoms with E-state index in [2.05, 4.69) is 0 Å². The van der Waals surface area contributed by atoms with Crippen LogP contribution in [0.4, 0.5) is 14.9 Å². The van der Waals surface area contributed by atoms with E-state index in [0.717, 1.165) is 11.0 Å². The molecule has 3 rings (SSSR count). The van der Waals surface area contributed by atoms with Crippen molar-refractivity contribution in [1.29, 1.82) is 0 Å². The summed E-state index contributed by atoms with van der Waals surface area (Å²) in [7, 11) is 1.24. The number of ether oxygens (including phenoxy) is 1. The lowest BCUT2D eigenvalue weighted by molar-refractivity contribution is -0.386. The Labute approximate surface area is 162 Å². The van der Waals surface area contributed by atoms with Crippen molar-refractivity contribution in [3.8, 4) is 11.5 Å². The molecule has 1 aliphatic rings. The molecule has 2 aromatic rings. The fourth-order valence-electron chi connectivity index (χ4n) is 2.55. The van der Waals surface area contributed by atoms with Gasteiger partial charge in [0.1, 0.15) is 5.82 Å². The van der Waals surface area contributed by atoms with Crippen molar-refractivity contribution in [2.75, 3.05) is 7.11 Å². The van der Waals surface area contributed by atoms with Gasteiger partial charge in [-0.15, -0.1) is 0 Å². The van der Waals surface area contributed by atoms with E-state index in [1.165, 1.54) is 43.5 Å². The molecule has 0 spiro atoms. The van der Waals surface area contributed by atoms with Gasteiger partial charge in [-0.3, -0.25) is 24.6 Å². The van der Waals surface area contributed by atoms with Crippen LogP contribution in [-0.2, 0) is 11.3 Å². The monoisotopic (exact) mass is 404 g/mol. The van der Waals surface area contributed by atoms with Crippen molar-refractivity contribution in [2.45, 2.75) is 6.54 Å². The number of aromatic hydroxyl groups is 1. The van der Waals surface area contributed by atoms with Crippen LogP contribution in [0.3, 0.4) is 0 Å². The molecule has 0 unspecified atom stereocenters. The molecule has 0 bridgehead atoms. The van der Waals surface area contributed by atoms with Gasteiger partial charge in [-0.2, -0.15) is 0 Å². The Morgan fingerprint density at radius 2 is 1.96 bits per heavy atom. The van der Waals surface area contributed by atoms with Crippen LogP contribution in [0.1, 0.15) is 11.1 Å². The molecule has 1 heterocycles. The fourth-order valence-corrected chi connectivity index (χ4v) is 3.39. The zero-order valence-corrected chi connectivity index (χ0v) is 15.2. The number of amides is 2. The smallest absolute Gasteiger partial charge is 0.315 e. The highest BCUT2D eigenvalue weighted by Crippen LogP contribution is 2.39. The summed E-state index contributed by atoms with van der Waals surface area (Å²) < 4.78 is 17.9. The lowest BCUT2D eigenvalue weighted by Crippen LogP contribution is -2.27. The molecule has 0 aromatic heterocycles. The topological polar surface area (TPSA) is 110 Å². The summed E-state index contributed by atoms with van der Waals surface area (Å²) in [5.41, 5.74) is 0.205. The molecule has 2 aromatic carbocycles. The number of phenolic OH excluding ortho intramolecular Hbond substituents is 1. The van der Waals surface area contributed by atoms with Gasteiger partial charge in [0.05, 0.1) is 23.5 Å². The van der Waals surface area contributed by atoms with Crippen LogP contribution < -0.4 is 4.74 Å². The number of imide groups is 1. The number of phenols is 1. The molecular formula is C18H13FN2O6S. The first kappa shape index (κ1) is 19.4. The molecule has 10 heteroatoms. The summed E-state index contributed by atoms with van der Waals surface area (Å²) in [6.07, 6.45) is 1.31. The molecule has 0 aliphatic carbocycles. The van der Waals surface area contributed by atoms with E-state index in [1.807, 2.05) is 0 Å². The van der Waals surface area contributed by atoms with Crippen LogP contribution in [0.2, 0.25) is 0 Å². The number of methoxy groups -OCH3 is 1. The average molecular weight is 404 g/mol. The summed E-state index contributed by atoms with van der Waals surface area (Å²) in [5, 5.41) is 20.4. The molecule has 0 radical (unpaired) electrons. The van der Waals surface area contributed by atoms with E-state index in [4.69, 9.17) is 4.74 Å². The van der Waals surface area contributed by atoms with Gasteiger partial charge < -0.3 is 9.84 Å². The number of carbonyl (C=O) groups is 2. The molecule has 28 heavy (non-hydrogen) atoms. The predicted molar refractivity (Wildman–Crippen MR) is 99.2 cm³/mol. The third-order valence-electron chi connectivity index (χ3n) is 3.92. The molecule has 8 nitrogen and oxygen atoms in total.